The van der Waals surface area contributed by atoms with Crippen LogP contribution >= 0.6 is 11.8 Å². The molecule has 1 aliphatic carbocycles. The van der Waals surface area contributed by atoms with Crippen molar-refractivity contribution in [2.45, 2.75) is 62.8 Å². The molecule has 1 aromatic heterocycles. The molecule has 5 heteroatoms. The van der Waals surface area contributed by atoms with Crippen LogP contribution in [0.4, 0.5) is 0 Å². The van der Waals surface area contributed by atoms with E-state index in [9.17, 15) is 10.1 Å². The molecule has 4 nitrogen and oxygen atoms in total. The molecule has 3 rings (SSSR count). The zero-order chi connectivity index (χ0) is 20.1. The molecular weight excluding hydrogens is 366 g/mol. The largest absolute Gasteiger partial charge is 0.349 e. The van der Waals surface area contributed by atoms with Crippen LogP contribution in [0.2, 0.25) is 0 Å². The van der Waals surface area contributed by atoms with Crippen molar-refractivity contribution >= 4 is 17.7 Å². The van der Waals surface area contributed by atoms with Gasteiger partial charge >= 0.3 is 0 Å². The summed E-state index contributed by atoms with van der Waals surface area (Å²) >= 11 is 1.41. The molecule has 3 unspecified atom stereocenters. The molecule has 1 N–H and O–H groups in total. The second-order valence-electron chi connectivity index (χ2n) is 7.56. The van der Waals surface area contributed by atoms with Gasteiger partial charge in [-0.2, -0.15) is 5.26 Å². The molecule has 28 heavy (non-hydrogen) atoms. The van der Waals surface area contributed by atoms with Crippen molar-refractivity contribution in [3.63, 3.8) is 0 Å². The Kier molecular flexibility index (Phi) is 6.74. The Labute approximate surface area is 171 Å². The minimum Gasteiger partial charge on any atom is -0.349 e. The molecule has 0 bridgehead atoms. The molecule has 0 radical (unpaired) electrons. The van der Waals surface area contributed by atoms with Crippen LogP contribution in [-0.2, 0) is 17.6 Å². The molecule has 1 heterocycles. The Balaban J connectivity index is 1.75. The van der Waals surface area contributed by atoms with Gasteiger partial charge in [-0.25, -0.2) is 4.98 Å². The molecule has 0 fully saturated rings. The molecule has 1 amide bonds. The highest BCUT2D eigenvalue weighted by atomic mass is 32.2. The van der Waals surface area contributed by atoms with Crippen molar-refractivity contribution < 1.29 is 4.79 Å². The van der Waals surface area contributed by atoms with Gasteiger partial charge in [0, 0.05) is 5.69 Å². The Morgan fingerprint density at radius 2 is 2.14 bits per heavy atom. The van der Waals surface area contributed by atoms with Gasteiger partial charge in [-0.05, 0) is 55.7 Å². The first-order chi connectivity index (χ1) is 13.5. The first kappa shape index (κ1) is 20.4. The smallest absolute Gasteiger partial charge is 0.234 e. The van der Waals surface area contributed by atoms with Crippen molar-refractivity contribution in [2.24, 2.45) is 5.92 Å². The number of thioether (sulfide) groups is 1. The summed E-state index contributed by atoms with van der Waals surface area (Å²) in [5.41, 5.74) is 3.94. The highest BCUT2D eigenvalue weighted by Crippen LogP contribution is 2.32. The van der Waals surface area contributed by atoms with Gasteiger partial charge in [0.1, 0.15) is 11.1 Å². The lowest BCUT2D eigenvalue weighted by molar-refractivity contribution is -0.121. The zero-order valence-corrected chi connectivity index (χ0v) is 17.6. The number of rotatable bonds is 6. The second-order valence-corrected chi connectivity index (χ2v) is 8.75. The molecular formula is C23H27N3OS. The van der Waals surface area contributed by atoms with Crippen LogP contribution in [0, 0.1) is 17.2 Å². The maximum atomic E-state index is 12.9. The lowest BCUT2D eigenvalue weighted by Crippen LogP contribution is -2.34. The predicted octanol–water partition coefficient (Wildman–Crippen LogP) is 4.83. The van der Waals surface area contributed by atoms with E-state index < -0.39 is 0 Å². The number of nitrogens with one attached hydrogen (secondary N) is 1. The van der Waals surface area contributed by atoms with Gasteiger partial charge in [0.2, 0.25) is 5.91 Å². The summed E-state index contributed by atoms with van der Waals surface area (Å²) in [6.45, 7) is 6.23. The SMILES string of the molecule is CCC(Sc1nc2c(cc1C#N)CC(C)CC2)C(=O)NC(C)c1ccccc1. The minimum absolute atomic E-state index is 0.0131. The third-order valence-corrected chi connectivity index (χ3v) is 6.66. The number of aryl methyl sites for hydroxylation is 1. The molecule has 3 atom stereocenters. The van der Waals surface area contributed by atoms with Gasteiger partial charge in [0.15, 0.2) is 0 Å². The molecule has 146 valence electrons. The van der Waals surface area contributed by atoms with Crippen LogP contribution in [-0.4, -0.2) is 16.1 Å². The number of pyridine rings is 1. The van der Waals surface area contributed by atoms with Gasteiger partial charge in [0.05, 0.1) is 16.9 Å². The zero-order valence-electron chi connectivity index (χ0n) is 16.7. The van der Waals surface area contributed by atoms with Gasteiger partial charge in [-0.3, -0.25) is 4.79 Å². The summed E-state index contributed by atoms with van der Waals surface area (Å²) in [6.07, 6.45) is 3.74. The highest BCUT2D eigenvalue weighted by molar-refractivity contribution is 8.00. The van der Waals surface area contributed by atoms with E-state index in [0.29, 0.717) is 22.9 Å². The van der Waals surface area contributed by atoms with Crippen molar-refractivity contribution in [3.8, 4) is 6.07 Å². The fourth-order valence-electron chi connectivity index (χ4n) is 3.59. The molecule has 2 aromatic rings. The maximum absolute atomic E-state index is 12.9. The van der Waals surface area contributed by atoms with E-state index in [1.54, 1.807) is 0 Å². The molecule has 1 aliphatic rings. The normalized spacial score (nSPS) is 17.9. The van der Waals surface area contributed by atoms with E-state index in [-0.39, 0.29) is 17.2 Å². The number of nitriles is 1. The van der Waals surface area contributed by atoms with Crippen molar-refractivity contribution in [3.05, 3.63) is 58.8 Å². The average molecular weight is 394 g/mol. The predicted molar refractivity (Wildman–Crippen MR) is 113 cm³/mol. The number of aromatic nitrogens is 1. The van der Waals surface area contributed by atoms with E-state index >= 15 is 0 Å². The fraction of sp³-hybridized carbons (Fsp3) is 0.435. The molecule has 0 saturated carbocycles. The fourth-order valence-corrected chi connectivity index (χ4v) is 4.59. The number of carbonyl (C=O) groups excluding carboxylic acids is 1. The number of amides is 1. The van der Waals surface area contributed by atoms with E-state index in [1.165, 1.54) is 17.3 Å². The van der Waals surface area contributed by atoms with Gasteiger partial charge in [0.25, 0.3) is 0 Å². The van der Waals surface area contributed by atoms with Gasteiger partial charge in [-0.1, -0.05) is 55.9 Å². The topological polar surface area (TPSA) is 65.8 Å². The van der Waals surface area contributed by atoms with Crippen LogP contribution in [0.15, 0.2) is 41.4 Å². The third-order valence-electron chi connectivity index (χ3n) is 5.29. The maximum Gasteiger partial charge on any atom is 0.234 e. The molecule has 0 spiro atoms. The summed E-state index contributed by atoms with van der Waals surface area (Å²) in [5.74, 6) is 0.619. The van der Waals surface area contributed by atoms with Crippen LogP contribution in [0.1, 0.15) is 62.0 Å². The van der Waals surface area contributed by atoms with Crippen molar-refractivity contribution in [2.75, 3.05) is 0 Å². The number of fused-ring (bicyclic) bond motifs is 1. The van der Waals surface area contributed by atoms with Crippen LogP contribution in [0.25, 0.3) is 0 Å². The molecule has 0 saturated heterocycles. The third kappa shape index (κ3) is 4.74. The van der Waals surface area contributed by atoms with Crippen LogP contribution in [0.5, 0.6) is 0 Å². The Morgan fingerprint density at radius 1 is 1.39 bits per heavy atom. The summed E-state index contributed by atoms with van der Waals surface area (Å²) in [7, 11) is 0. The van der Waals surface area contributed by atoms with E-state index in [0.717, 1.165) is 30.5 Å². The van der Waals surface area contributed by atoms with Gasteiger partial charge in [-0.15, -0.1) is 0 Å². The van der Waals surface area contributed by atoms with E-state index in [1.807, 2.05) is 50.2 Å². The lowest BCUT2D eigenvalue weighted by Gasteiger charge is -2.23. The van der Waals surface area contributed by atoms with Crippen molar-refractivity contribution in [1.29, 1.82) is 5.26 Å². The summed E-state index contributed by atoms with van der Waals surface area (Å²) < 4.78 is 0. The summed E-state index contributed by atoms with van der Waals surface area (Å²) in [4.78, 5) is 17.6. The number of benzene rings is 1. The number of hydrogen-bond donors (Lipinski definition) is 1. The number of hydrogen-bond acceptors (Lipinski definition) is 4. The monoisotopic (exact) mass is 393 g/mol. The van der Waals surface area contributed by atoms with Gasteiger partial charge < -0.3 is 5.32 Å². The van der Waals surface area contributed by atoms with Crippen LogP contribution in [0.3, 0.4) is 0 Å². The minimum atomic E-state index is -0.272. The Bertz CT molecular complexity index is 875. The lowest BCUT2D eigenvalue weighted by atomic mass is 9.87. The Morgan fingerprint density at radius 3 is 2.82 bits per heavy atom. The van der Waals surface area contributed by atoms with Crippen molar-refractivity contribution in [1.82, 2.24) is 10.3 Å². The summed E-state index contributed by atoms with van der Waals surface area (Å²) in [5, 5.41) is 13.1. The van der Waals surface area contributed by atoms with E-state index in [2.05, 4.69) is 18.3 Å². The first-order valence-electron chi connectivity index (χ1n) is 9.96. The number of nitrogens with zero attached hydrogens (tertiary/aromatic N) is 2. The Hall–Kier alpha value is -2.32. The first-order valence-corrected chi connectivity index (χ1v) is 10.8. The average Bonchev–Trinajstić information content (AvgIpc) is 2.71. The second kappa shape index (κ2) is 9.25. The summed E-state index contributed by atoms with van der Waals surface area (Å²) in [6, 6.07) is 14.1. The van der Waals surface area contributed by atoms with Crippen LogP contribution < -0.4 is 5.32 Å². The standard InChI is InChI=1S/C23H27N3OS/c1-4-21(22(27)25-16(3)17-8-6-5-7-9-17)28-23-19(14-24)13-18-12-15(2)10-11-20(18)26-23/h5-9,13,15-16,21H,4,10-12H2,1-3H3,(H,25,27). The quantitative estimate of drug-likeness (QED) is 0.714. The number of carbonyl (C=O) groups is 1. The van der Waals surface area contributed by atoms with E-state index in [4.69, 9.17) is 4.98 Å². The highest BCUT2D eigenvalue weighted by Gasteiger charge is 2.24. The molecule has 1 aromatic carbocycles. The molecule has 0 aliphatic heterocycles.